The molecule has 0 unspecified atom stereocenters. The summed E-state index contributed by atoms with van der Waals surface area (Å²) in [5.41, 5.74) is 0.954. The number of benzene rings is 1. The quantitative estimate of drug-likeness (QED) is 0.842. The normalized spacial score (nSPS) is 15.7. The Morgan fingerprint density at radius 3 is 2.74 bits per heavy atom. The highest BCUT2D eigenvalue weighted by Gasteiger charge is 2.21. The Morgan fingerprint density at radius 2 is 2.11 bits per heavy atom. The number of hydrogen-bond donors (Lipinski definition) is 1. The first-order valence-electron chi connectivity index (χ1n) is 6.58. The van der Waals surface area contributed by atoms with Gasteiger partial charge in [0.1, 0.15) is 5.78 Å². The Morgan fingerprint density at radius 1 is 1.37 bits per heavy atom. The molecule has 0 bridgehead atoms. The molecule has 0 fully saturated rings. The Bertz CT molecular complexity index is 495. The van der Waals surface area contributed by atoms with Gasteiger partial charge >= 0.3 is 0 Å². The summed E-state index contributed by atoms with van der Waals surface area (Å²) in [4.78, 5) is 11.7. The average Bonchev–Trinajstić information content (AvgIpc) is 2.91. The van der Waals surface area contributed by atoms with Crippen molar-refractivity contribution in [2.24, 2.45) is 5.92 Å². The summed E-state index contributed by atoms with van der Waals surface area (Å²) in [6.07, 6.45) is 9.38. The number of nitrogens with one attached hydrogen (secondary N) is 1. The standard InChI is InChI=1S/C16H18ClNO/c1-2-15(19)11-16(12-6-3-4-7-12)18-14-9-5-8-13(17)10-14/h3-10,12,16,18H,2,11H2,1H3/t16-/m0/s1. The zero-order valence-corrected chi connectivity index (χ0v) is 11.7. The zero-order chi connectivity index (χ0) is 13.7. The number of halogens is 1. The number of carbonyl (C=O) groups excluding carboxylic acids is 1. The summed E-state index contributed by atoms with van der Waals surface area (Å²) in [5.74, 6) is 0.530. The Labute approximate surface area is 119 Å². The highest BCUT2D eigenvalue weighted by molar-refractivity contribution is 6.30. The molecule has 1 aromatic rings. The summed E-state index contributed by atoms with van der Waals surface area (Å²) >= 11 is 5.99. The number of hydrogen-bond acceptors (Lipinski definition) is 2. The number of allylic oxidation sites excluding steroid dienone is 2. The molecule has 0 aliphatic heterocycles. The minimum absolute atomic E-state index is 0.0842. The molecule has 0 spiro atoms. The third kappa shape index (κ3) is 3.97. The third-order valence-corrected chi connectivity index (χ3v) is 3.50. The van der Waals surface area contributed by atoms with Crippen LogP contribution >= 0.6 is 11.6 Å². The van der Waals surface area contributed by atoms with Gasteiger partial charge in [-0.25, -0.2) is 0 Å². The lowest BCUT2D eigenvalue weighted by molar-refractivity contribution is -0.119. The maximum Gasteiger partial charge on any atom is 0.134 e. The first-order chi connectivity index (χ1) is 9.19. The van der Waals surface area contributed by atoms with Crippen molar-refractivity contribution in [2.45, 2.75) is 25.8 Å². The van der Waals surface area contributed by atoms with Crippen LogP contribution in [0.15, 0.2) is 48.6 Å². The van der Waals surface area contributed by atoms with Crippen molar-refractivity contribution in [3.05, 3.63) is 53.6 Å². The van der Waals surface area contributed by atoms with Crippen molar-refractivity contribution < 1.29 is 4.79 Å². The van der Waals surface area contributed by atoms with Gasteiger partial charge in [-0.3, -0.25) is 4.79 Å². The predicted molar refractivity (Wildman–Crippen MR) is 80.5 cm³/mol. The van der Waals surface area contributed by atoms with Crippen LogP contribution in [0.2, 0.25) is 5.02 Å². The molecule has 0 amide bonds. The molecular weight excluding hydrogens is 258 g/mol. The van der Waals surface area contributed by atoms with Gasteiger partial charge < -0.3 is 5.32 Å². The van der Waals surface area contributed by atoms with Crippen LogP contribution in [0, 0.1) is 5.92 Å². The van der Waals surface area contributed by atoms with E-state index >= 15 is 0 Å². The van der Waals surface area contributed by atoms with Gasteiger partial charge in [0.15, 0.2) is 0 Å². The van der Waals surface area contributed by atoms with Crippen LogP contribution in [0.1, 0.15) is 19.8 Å². The molecule has 3 heteroatoms. The van der Waals surface area contributed by atoms with Crippen molar-refractivity contribution in [1.29, 1.82) is 0 Å². The van der Waals surface area contributed by atoms with E-state index in [2.05, 4.69) is 17.5 Å². The molecule has 0 saturated heterocycles. The van der Waals surface area contributed by atoms with E-state index < -0.39 is 0 Å². The topological polar surface area (TPSA) is 29.1 Å². The van der Waals surface area contributed by atoms with E-state index in [9.17, 15) is 4.79 Å². The summed E-state index contributed by atoms with van der Waals surface area (Å²) < 4.78 is 0. The number of anilines is 1. The van der Waals surface area contributed by atoms with E-state index in [-0.39, 0.29) is 17.7 Å². The molecular formula is C16H18ClNO. The van der Waals surface area contributed by atoms with Gasteiger partial charge in [-0.15, -0.1) is 0 Å². The maximum atomic E-state index is 11.7. The van der Waals surface area contributed by atoms with Gasteiger partial charge in [0.2, 0.25) is 0 Å². The smallest absolute Gasteiger partial charge is 0.134 e. The molecule has 19 heavy (non-hydrogen) atoms. The SMILES string of the molecule is CCC(=O)C[C@H](Nc1cccc(Cl)c1)C1C=CC=C1. The molecule has 2 rings (SSSR count). The molecule has 1 aliphatic carbocycles. The fourth-order valence-corrected chi connectivity index (χ4v) is 2.37. The van der Waals surface area contributed by atoms with Gasteiger partial charge in [-0.2, -0.15) is 0 Å². The van der Waals surface area contributed by atoms with E-state index in [0.717, 1.165) is 5.69 Å². The summed E-state index contributed by atoms with van der Waals surface area (Å²) in [6, 6.07) is 7.68. The van der Waals surface area contributed by atoms with Crippen LogP contribution in [0.5, 0.6) is 0 Å². The first kappa shape index (κ1) is 13.9. The third-order valence-electron chi connectivity index (χ3n) is 3.26. The molecule has 0 radical (unpaired) electrons. The number of Topliss-reactive ketones (excluding diaryl/α,β-unsaturated/α-hetero) is 1. The van der Waals surface area contributed by atoms with E-state index in [1.165, 1.54) is 0 Å². The highest BCUT2D eigenvalue weighted by Crippen LogP contribution is 2.23. The highest BCUT2D eigenvalue weighted by atomic mass is 35.5. The molecule has 0 aromatic heterocycles. The van der Waals surface area contributed by atoms with E-state index in [0.29, 0.717) is 17.9 Å². The Hall–Kier alpha value is -1.54. The van der Waals surface area contributed by atoms with Crippen LogP contribution in [0.25, 0.3) is 0 Å². The number of ketones is 1. The van der Waals surface area contributed by atoms with E-state index in [1.54, 1.807) is 0 Å². The van der Waals surface area contributed by atoms with Crippen LogP contribution in [0.4, 0.5) is 5.69 Å². The minimum Gasteiger partial charge on any atom is -0.381 e. The predicted octanol–water partition coefficient (Wildman–Crippen LogP) is 4.23. The van der Waals surface area contributed by atoms with Crippen molar-refractivity contribution in [1.82, 2.24) is 0 Å². The second-order valence-corrected chi connectivity index (χ2v) is 5.14. The Kier molecular flexibility index (Phi) is 4.80. The second kappa shape index (κ2) is 6.58. The lowest BCUT2D eigenvalue weighted by Crippen LogP contribution is -2.29. The van der Waals surface area contributed by atoms with Gasteiger partial charge in [-0.1, -0.05) is 48.9 Å². The molecule has 1 N–H and O–H groups in total. The fraction of sp³-hybridized carbons (Fsp3) is 0.312. The van der Waals surface area contributed by atoms with Gasteiger partial charge in [0.25, 0.3) is 0 Å². The molecule has 0 heterocycles. The van der Waals surface area contributed by atoms with Crippen molar-refractivity contribution in [3.8, 4) is 0 Å². The van der Waals surface area contributed by atoms with E-state index in [1.807, 2.05) is 43.3 Å². The zero-order valence-electron chi connectivity index (χ0n) is 11.0. The first-order valence-corrected chi connectivity index (χ1v) is 6.95. The number of carbonyl (C=O) groups is 1. The molecule has 1 aromatic carbocycles. The maximum absolute atomic E-state index is 11.7. The van der Waals surface area contributed by atoms with Gasteiger partial charge in [0, 0.05) is 35.5 Å². The summed E-state index contributed by atoms with van der Waals surface area (Å²) in [5, 5.41) is 4.12. The van der Waals surface area contributed by atoms with Crippen LogP contribution < -0.4 is 5.32 Å². The largest absolute Gasteiger partial charge is 0.381 e. The fourth-order valence-electron chi connectivity index (χ4n) is 2.18. The van der Waals surface area contributed by atoms with Crippen LogP contribution in [-0.2, 0) is 4.79 Å². The van der Waals surface area contributed by atoms with Crippen molar-refractivity contribution in [2.75, 3.05) is 5.32 Å². The monoisotopic (exact) mass is 275 g/mol. The van der Waals surface area contributed by atoms with Crippen molar-refractivity contribution >= 4 is 23.1 Å². The average molecular weight is 276 g/mol. The molecule has 100 valence electrons. The van der Waals surface area contributed by atoms with Crippen LogP contribution in [0.3, 0.4) is 0 Å². The van der Waals surface area contributed by atoms with E-state index in [4.69, 9.17) is 11.6 Å². The van der Waals surface area contributed by atoms with Gasteiger partial charge in [-0.05, 0) is 18.2 Å². The summed E-state index contributed by atoms with van der Waals surface area (Å²) in [6.45, 7) is 1.90. The molecule has 1 aliphatic rings. The lowest BCUT2D eigenvalue weighted by Gasteiger charge is -2.23. The summed E-state index contributed by atoms with van der Waals surface area (Å²) in [7, 11) is 0. The lowest BCUT2D eigenvalue weighted by atomic mass is 9.95. The van der Waals surface area contributed by atoms with Crippen LogP contribution in [-0.4, -0.2) is 11.8 Å². The van der Waals surface area contributed by atoms with Crippen molar-refractivity contribution in [3.63, 3.8) is 0 Å². The Balaban J connectivity index is 2.10. The molecule has 2 nitrogen and oxygen atoms in total. The minimum atomic E-state index is 0.0842. The number of rotatable bonds is 6. The molecule has 0 saturated carbocycles. The van der Waals surface area contributed by atoms with Gasteiger partial charge in [0.05, 0.1) is 0 Å². The second-order valence-electron chi connectivity index (χ2n) is 4.70. The molecule has 1 atom stereocenters.